The van der Waals surface area contributed by atoms with Gasteiger partial charge in [-0.1, -0.05) is 10.3 Å². The van der Waals surface area contributed by atoms with Crippen LogP contribution in [0.5, 0.6) is 0 Å². The predicted octanol–water partition coefficient (Wildman–Crippen LogP) is 4.34. The lowest BCUT2D eigenvalue weighted by molar-refractivity contribution is 0.0731. The molecule has 240 valence electrons. The molecule has 0 N–H and O–H groups in total. The zero-order valence-corrected chi connectivity index (χ0v) is 25.8. The number of likely N-dealkylation sites (tertiary alicyclic amines) is 2. The maximum atomic E-state index is 14.0. The van der Waals surface area contributed by atoms with Crippen LogP contribution >= 0.6 is 0 Å². The van der Waals surface area contributed by atoms with Crippen LogP contribution < -0.4 is 0 Å². The highest BCUT2D eigenvalue weighted by molar-refractivity contribution is 6.52. The second kappa shape index (κ2) is 15.9. The normalized spacial score (nSPS) is 15.5. The van der Waals surface area contributed by atoms with E-state index in [4.69, 9.17) is 19.1 Å². The van der Waals surface area contributed by atoms with Gasteiger partial charge in [-0.2, -0.15) is 5.26 Å². The molecule has 2 amide bonds. The minimum absolute atomic E-state index is 0.0346. The summed E-state index contributed by atoms with van der Waals surface area (Å²) in [5, 5.41) is 17.5. The smallest absolute Gasteiger partial charge is 0.382 e. The molecule has 2 fully saturated rings. The first-order valence-electron chi connectivity index (χ1n) is 15.0. The highest BCUT2D eigenvalue weighted by Gasteiger charge is 2.26. The van der Waals surface area contributed by atoms with Crippen molar-refractivity contribution in [3.8, 4) is 6.07 Å². The van der Waals surface area contributed by atoms with Crippen LogP contribution in [0, 0.1) is 11.3 Å². The Kier molecular flexibility index (Phi) is 11.8. The number of ether oxygens (including phenoxy) is 2. The Morgan fingerprint density at radius 2 is 1.51 bits per heavy atom. The number of nitriles is 1. The van der Waals surface area contributed by atoms with E-state index in [-0.39, 0.29) is 35.9 Å². The van der Waals surface area contributed by atoms with Crippen LogP contribution in [0.3, 0.4) is 0 Å². The summed E-state index contributed by atoms with van der Waals surface area (Å²) in [7, 11) is 1.55. The van der Waals surface area contributed by atoms with Gasteiger partial charge in [-0.05, 0) is 57.7 Å². The van der Waals surface area contributed by atoms with E-state index in [1.54, 1.807) is 25.4 Å². The van der Waals surface area contributed by atoms with Crippen LogP contribution in [0.25, 0.3) is 10.9 Å². The minimum Gasteiger partial charge on any atom is -0.382 e. The van der Waals surface area contributed by atoms with E-state index in [2.05, 4.69) is 10.3 Å². The zero-order valence-electron chi connectivity index (χ0n) is 25.8. The number of Topliss-reactive ketones (excluding diaryl/α,β-unsaturated/α-hetero) is 2. The van der Waals surface area contributed by atoms with Crippen molar-refractivity contribution in [2.24, 2.45) is 10.3 Å². The van der Waals surface area contributed by atoms with Crippen LogP contribution in [0.15, 0.2) is 34.7 Å². The van der Waals surface area contributed by atoms with Crippen molar-refractivity contribution in [3.63, 3.8) is 0 Å². The van der Waals surface area contributed by atoms with Crippen LogP contribution in [0.1, 0.15) is 72.7 Å². The third-order valence-corrected chi connectivity index (χ3v) is 7.57. The van der Waals surface area contributed by atoms with Gasteiger partial charge in [0.25, 0.3) is 0 Å². The first kappa shape index (κ1) is 33.3. The van der Waals surface area contributed by atoms with Gasteiger partial charge in [-0.15, -0.1) is 0 Å². The number of carbonyl (C=O) groups is 4. The zero-order chi connectivity index (χ0) is 32.3. The van der Waals surface area contributed by atoms with Gasteiger partial charge in [-0.3, -0.25) is 19.3 Å². The number of oxime groups is 2. The van der Waals surface area contributed by atoms with Crippen LogP contribution in [0.4, 0.5) is 9.59 Å². The van der Waals surface area contributed by atoms with Crippen molar-refractivity contribution in [1.82, 2.24) is 14.4 Å². The van der Waals surface area contributed by atoms with Gasteiger partial charge in [0.15, 0.2) is 0 Å². The van der Waals surface area contributed by atoms with Gasteiger partial charge in [0.1, 0.15) is 11.8 Å². The van der Waals surface area contributed by atoms with Crippen LogP contribution in [-0.2, 0) is 19.1 Å². The topological polar surface area (TPSA) is 165 Å². The Morgan fingerprint density at radius 1 is 0.889 bits per heavy atom. The number of amides is 2. The molecule has 45 heavy (non-hydrogen) atoms. The molecule has 0 aliphatic carbocycles. The molecule has 0 spiro atoms. The molecule has 4 rings (SSSR count). The summed E-state index contributed by atoms with van der Waals surface area (Å²) in [5.41, 5.74) is 0.301. The number of carbonyl (C=O) groups excluding carboxylic acids is 4. The molecule has 14 heteroatoms. The van der Waals surface area contributed by atoms with Crippen LogP contribution in [-0.4, -0.2) is 103 Å². The van der Waals surface area contributed by atoms with Crippen LogP contribution in [0.2, 0.25) is 0 Å². The van der Waals surface area contributed by atoms with Crippen molar-refractivity contribution < 1.29 is 38.3 Å². The lowest BCUT2D eigenvalue weighted by atomic mass is 10.00. The molecule has 14 nitrogen and oxygen atoms in total. The molecular weight excluding hydrogens is 584 g/mol. The fourth-order valence-electron chi connectivity index (χ4n) is 5.12. The van der Waals surface area contributed by atoms with E-state index in [0.717, 1.165) is 25.7 Å². The molecule has 1 aromatic carbocycles. The summed E-state index contributed by atoms with van der Waals surface area (Å²) in [6, 6.07) is 6.32. The summed E-state index contributed by atoms with van der Waals surface area (Å²) in [6.45, 7) is 6.84. The van der Waals surface area contributed by atoms with E-state index in [1.807, 2.05) is 18.4 Å². The van der Waals surface area contributed by atoms with Crippen molar-refractivity contribution in [3.05, 3.63) is 35.5 Å². The first-order valence-corrected chi connectivity index (χ1v) is 15.0. The number of methoxy groups -OCH3 is 1. The molecule has 3 heterocycles. The fourth-order valence-corrected chi connectivity index (χ4v) is 5.12. The average Bonchev–Trinajstić information content (AvgIpc) is 3.83. The summed E-state index contributed by atoms with van der Waals surface area (Å²) in [5.74, 6) is -1.29. The SMILES string of the molecule is COCCOCC/C(=N\OC(=O)N1CCCC1)C(=O)c1cn(C(C)C)c2ccc(C(=O)/C(C#N)=N/OC(=O)N3CCCC3)cc12. The van der Waals surface area contributed by atoms with Crippen molar-refractivity contribution >= 4 is 46.1 Å². The van der Waals surface area contributed by atoms with E-state index in [0.29, 0.717) is 50.3 Å². The molecule has 0 bridgehead atoms. The number of hydrogen-bond acceptors (Lipinski definition) is 11. The summed E-state index contributed by atoms with van der Waals surface area (Å²) in [6.07, 6.45) is 3.77. The predicted molar refractivity (Wildman–Crippen MR) is 163 cm³/mol. The molecule has 2 aliphatic heterocycles. The highest BCUT2D eigenvalue weighted by atomic mass is 16.7. The van der Waals surface area contributed by atoms with Gasteiger partial charge in [0.05, 0.1) is 19.8 Å². The maximum Gasteiger partial charge on any atom is 0.436 e. The quantitative estimate of drug-likeness (QED) is 0.104. The average molecular weight is 623 g/mol. The Bertz CT molecular complexity index is 1510. The Balaban J connectivity index is 1.64. The van der Waals surface area contributed by atoms with Gasteiger partial charge >= 0.3 is 12.2 Å². The molecule has 0 saturated carbocycles. The molecule has 1 aromatic heterocycles. The van der Waals surface area contributed by atoms with Gasteiger partial charge in [0, 0.05) is 74.0 Å². The summed E-state index contributed by atoms with van der Waals surface area (Å²) in [4.78, 5) is 65.0. The molecule has 0 radical (unpaired) electrons. The number of rotatable bonds is 13. The first-order chi connectivity index (χ1) is 21.7. The number of hydrogen-bond donors (Lipinski definition) is 0. The second-order valence-electron chi connectivity index (χ2n) is 11.0. The van der Waals surface area contributed by atoms with Gasteiger partial charge in [-0.25, -0.2) is 9.59 Å². The molecule has 2 aliphatic rings. The molecule has 2 aromatic rings. The number of aromatic nitrogens is 1. The van der Waals surface area contributed by atoms with E-state index in [9.17, 15) is 24.4 Å². The maximum absolute atomic E-state index is 14.0. The Morgan fingerprint density at radius 3 is 2.09 bits per heavy atom. The fraction of sp³-hybridized carbons (Fsp3) is 0.516. The molecule has 0 atom stereocenters. The van der Waals surface area contributed by atoms with Crippen molar-refractivity contribution in [2.45, 2.75) is 52.0 Å². The van der Waals surface area contributed by atoms with Gasteiger partial charge < -0.3 is 23.8 Å². The van der Waals surface area contributed by atoms with Gasteiger partial charge in [0.2, 0.25) is 17.3 Å². The monoisotopic (exact) mass is 622 g/mol. The number of fused-ring (bicyclic) bond motifs is 1. The lowest BCUT2D eigenvalue weighted by Crippen LogP contribution is -2.28. The summed E-state index contributed by atoms with van der Waals surface area (Å²) < 4.78 is 12.4. The van der Waals surface area contributed by atoms with Crippen molar-refractivity contribution in [1.29, 1.82) is 5.26 Å². The second-order valence-corrected chi connectivity index (χ2v) is 11.0. The number of ketones is 2. The molecule has 2 saturated heterocycles. The summed E-state index contributed by atoms with van der Waals surface area (Å²) >= 11 is 0. The largest absolute Gasteiger partial charge is 0.436 e. The van der Waals surface area contributed by atoms with E-state index < -0.39 is 29.5 Å². The third-order valence-electron chi connectivity index (χ3n) is 7.57. The Hall–Kier alpha value is -4.61. The van der Waals surface area contributed by atoms with E-state index >= 15 is 0 Å². The highest BCUT2D eigenvalue weighted by Crippen LogP contribution is 2.28. The minimum atomic E-state index is -0.774. The standard InChI is InChI=1S/C31H38N6O8/c1-21(2)37-20-24(29(39)25(10-15-43-17-16-42-3)33-44-30(40)35-11-4-5-12-35)23-18-22(8-9-27(23)37)28(38)26(19-32)34-45-31(41)36-13-6-7-14-36/h8-9,18,20-21H,4-7,10-17H2,1-3H3/b33-25+,34-26+. The van der Waals surface area contributed by atoms with E-state index in [1.165, 1.54) is 21.9 Å². The third kappa shape index (κ3) is 8.31. The number of benzene rings is 1. The number of nitrogens with zero attached hydrogens (tertiary/aromatic N) is 6. The molecular formula is C31H38N6O8. The molecule has 0 unspecified atom stereocenters. The van der Waals surface area contributed by atoms with Crippen molar-refractivity contribution in [2.75, 3.05) is 53.1 Å². The Labute approximate surface area is 261 Å². The lowest BCUT2D eigenvalue weighted by Gasteiger charge is -2.12.